The normalized spacial score (nSPS) is 14.1. The molecule has 0 fully saturated rings. The number of hydrogen-bond acceptors (Lipinski definition) is 15. The Morgan fingerprint density at radius 3 is 0.777 bits per heavy atom. The number of carbonyl (C=O) groups excluding carboxylic acids is 4. The van der Waals surface area contributed by atoms with Crippen molar-refractivity contribution in [2.24, 2.45) is 0 Å². The van der Waals surface area contributed by atoms with Crippen LogP contribution in [0.3, 0.4) is 0 Å². The summed E-state index contributed by atoms with van der Waals surface area (Å²) >= 11 is 0. The molecule has 0 aliphatic carbocycles. The number of esters is 4. The van der Waals surface area contributed by atoms with Crippen molar-refractivity contribution in [2.45, 2.75) is 393 Å². The second-order valence-electron chi connectivity index (χ2n) is 26.4. The number of ether oxygens (including phenoxy) is 4. The van der Waals surface area contributed by atoms with Crippen LogP contribution in [0.1, 0.15) is 374 Å². The van der Waals surface area contributed by atoms with Gasteiger partial charge in [0.25, 0.3) is 0 Å². The molecule has 17 nitrogen and oxygen atoms in total. The molecule has 0 saturated heterocycles. The van der Waals surface area contributed by atoms with Gasteiger partial charge in [0.15, 0.2) is 12.2 Å². The van der Waals surface area contributed by atoms with Crippen LogP contribution in [0.5, 0.6) is 0 Å². The maximum Gasteiger partial charge on any atom is 0.472 e. The molecule has 5 atom stereocenters. The summed E-state index contributed by atoms with van der Waals surface area (Å²) in [5, 5.41) is 10.6. The SMILES string of the molecule is CCCCCC/C=C\C=C/CCCCCCCC(=O)OC[C@H](COP(=O)(O)OC[C@@H](O)COP(=O)(O)OC[C@@H](COC(=O)CCCCCCCCCCC)OC(=O)CCCCCCCCCCCCCC)OC(=O)CCCCCCCCCCCCCCCCCCCC. The van der Waals surface area contributed by atoms with E-state index in [9.17, 15) is 43.2 Å². The lowest BCUT2D eigenvalue weighted by molar-refractivity contribution is -0.161. The summed E-state index contributed by atoms with van der Waals surface area (Å²) in [6, 6.07) is 0. The number of carbonyl (C=O) groups is 4. The average Bonchev–Trinajstić information content (AvgIpc) is 1.76. The monoisotopic (exact) mass is 1380 g/mol. The van der Waals surface area contributed by atoms with Crippen LogP contribution in [-0.4, -0.2) is 96.7 Å². The lowest BCUT2D eigenvalue weighted by atomic mass is 10.0. The van der Waals surface area contributed by atoms with Gasteiger partial charge >= 0.3 is 39.5 Å². The first-order valence-electron chi connectivity index (χ1n) is 38.6. The molecule has 554 valence electrons. The highest BCUT2D eigenvalue weighted by molar-refractivity contribution is 7.47. The highest BCUT2D eigenvalue weighted by Crippen LogP contribution is 2.45. The van der Waals surface area contributed by atoms with Crippen LogP contribution in [0.4, 0.5) is 0 Å². The topological polar surface area (TPSA) is 237 Å². The summed E-state index contributed by atoms with van der Waals surface area (Å²) in [4.78, 5) is 72.7. The van der Waals surface area contributed by atoms with Gasteiger partial charge in [-0.3, -0.25) is 37.3 Å². The van der Waals surface area contributed by atoms with Gasteiger partial charge < -0.3 is 33.8 Å². The molecule has 0 amide bonds. The van der Waals surface area contributed by atoms with E-state index in [1.165, 1.54) is 186 Å². The minimum atomic E-state index is -4.96. The summed E-state index contributed by atoms with van der Waals surface area (Å²) < 4.78 is 68.4. The summed E-state index contributed by atoms with van der Waals surface area (Å²) in [6.45, 7) is 4.90. The van der Waals surface area contributed by atoms with Gasteiger partial charge in [0.05, 0.1) is 26.4 Å². The van der Waals surface area contributed by atoms with Crippen LogP contribution < -0.4 is 0 Å². The molecule has 0 aromatic rings. The van der Waals surface area contributed by atoms with Crippen molar-refractivity contribution in [3.63, 3.8) is 0 Å². The standard InChI is InChI=1S/C75H142O17P2/c1-5-9-13-17-21-25-28-31-33-34-35-37-39-42-46-50-54-58-62-75(80)92-71(66-86-73(78)60-56-52-48-44-41-38-36-32-29-26-22-18-14-10-6-2)68-90-94(83,84)88-64-69(76)63-87-93(81,82)89-67-70(65-85-72(77)59-55-51-47-43-24-20-16-12-8-4)91-74(79)61-57-53-49-45-40-30-27-23-19-15-11-7-3/h26,29,32,36,69-71,76H,5-25,27-28,30-31,33-35,37-68H2,1-4H3,(H,81,82)(H,83,84)/b29-26-,36-32-/t69-,70+,71+/m0/s1. The number of phosphoric acid groups is 2. The molecule has 0 aliphatic rings. The molecule has 0 spiro atoms. The highest BCUT2D eigenvalue weighted by Gasteiger charge is 2.30. The quantitative estimate of drug-likeness (QED) is 0.0169. The maximum atomic E-state index is 13.1. The fourth-order valence-corrected chi connectivity index (χ4v) is 12.6. The number of hydrogen-bond donors (Lipinski definition) is 3. The number of aliphatic hydroxyl groups excluding tert-OH is 1. The minimum Gasteiger partial charge on any atom is -0.462 e. The maximum absolute atomic E-state index is 13.1. The van der Waals surface area contributed by atoms with Crippen molar-refractivity contribution in [1.29, 1.82) is 0 Å². The Morgan fingerprint density at radius 1 is 0.298 bits per heavy atom. The molecule has 0 aromatic carbocycles. The van der Waals surface area contributed by atoms with Gasteiger partial charge in [0.2, 0.25) is 0 Å². The van der Waals surface area contributed by atoms with Crippen molar-refractivity contribution in [3.8, 4) is 0 Å². The molecular weight excluding hydrogens is 1230 g/mol. The third kappa shape index (κ3) is 68.1. The smallest absolute Gasteiger partial charge is 0.462 e. The molecule has 2 unspecified atom stereocenters. The Hall–Kier alpha value is -2.46. The predicted octanol–water partition coefficient (Wildman–Crippen LogP) is 21.8. The van der Waals surface area contributed by atoms with E-state index in [0.717, 1.165) is 109 Å². The van der Waals surface area contributed by atoms with E-state index in [2.05, 4.69) is 52.0 Å². The van der Waals surface area contributed by atoms with Crippen LogP contribution in [0, 0.1) is 0 Å². The van der Waals surface area contributed by atoms with Gasteiger partial charge in [-0.25, -0.2) is 9.13 Å². The Balaban J connectivity index is 5.25. The molecule has 0 radical (unpaired) electrons. The molecule has 94 heavy (non-hydrogen) atoms. The average molecular weight is 1380 g/mol. The zero-order chi connectivity index (χ0) is 69.0. The van der Waals surface area contributed by atoms with Crippen molar-refractivity contribution in [1.82, 2.24) is 0 Å². The third-order valence-corrected chi connectivity index (χ3v) is 18.9. The molecule has 0 bridgehead atoms. The molecule has 0 heterocycles. The van der Waals surface area contributed by atoms with Crippen molar-refractivity contribution in [3.05, 3.63) is 24.3 Å². The second kappa shape index (κ2) is 69.0. The summed E-state index contributed by atoms with van der Waals surface area (Å²) in [6.07, 6.45) is 61.8. The van der Waals surface area contributed by atoms with E-state index in [-0.39, 0.29) is 25.7 Å². The molecular formula is C75H142O17P2. The van der Waals surface area contributed by atoms with Crippen LogP contribution in [0.15, 0.2) is 24.3 Å². The van der Waals surface area contributed by atoms with Crippen LogP contribution in [0.25, 0.3) is 0 Å². The van der Waals surface area contributed by atoms with E-state index in [0.29, 0.717) is 25.7 Å². The van der Waals surface area contributed by atoms with E-state index < -0.39 is 97.5 Å². The van der Waals surface area contributed by atoms with E-state index >= 15 is 0 Å². The fraction of sp³-hybridized carbons (Fsp3) is 0.893. The van der Waals surface area contributed by atoms with E-state index in [1.54, 1.807) is 0 Å². The zero-order valence-corrected chi connectivity index (χ0v) is 62.2. The number of rotatable bonds is 74. The van der Waals surface area contributed by atoms with Crippen LogP contribution in [0.2, 0.25) is 0 Å². The molecule has 0 aliphatic heterocycles. The van der Waals surface area contributed by atoms with Crippen molar-refractivity contribution >= 4 is 39.5 Å². The first-order chi connectivity index (χ1) is 45.7. The van der Waals surface area contributed by atoms with Gasteiger partial charge in [0.1, 0.15) is 19.3 Å². The Labute approximate surface area is 573 Å². The first-order valence-corrected chi connectivity index (χ1v) is 41.6. The predicted molar refractivity (Wildman–Crippen MR) is 381 cm³/mol. The molecule has 0 saturated carbocycles. The van der Waals surface area contributed by atoms with Crippen molar-refractivity contribution < 1.29 is 80.2 Å². The summed E-state index contributed by atoms with van der Waals surface area (Å²) in [5.41, 5.74) is 0. The molecule has 3 N–H and O–H groups in total. The number of aliphatic hydroxyl groups is 1. The van der Waals surface area contributed by atoms with E-state index in [1.807, 2.05) is 0 Å². The molecule has 19 heteroatoms. The highest BCUT2D eigenvalue weighted by atomic mass is 31.2. The van der Waals surface area contributed by atoms with Crippen LogP contribution in [-0.2, 0) is 65.4 Å². The second-order valence-corrected chi connectivity index (χ2v) is 29.3. The van der Waals surface area contributed by atoms with Gasteiger partial charge in [-0.15, -0.1) is 0 Å². The van der Waals surface area contributed by atoms with E-state index in [4.69, 9.17) is 37.0 Å². The lowest BCUT2D eigenvalue weighted by Gasteiger charge is -2.21. The first kappa shape index (κ1) is 91.5. The number of allylic oxidation sites excluding steroid dienone is 4. The summed E-state index contributed by atoms with van der Waals surface area (Å²) in [7, 11) is -9.92. The Bertz CT molecular complexity index is 1880. The van der Waals surface area contributed by atoms with Gasteiger partial charge in [-0.1, -0.05) is 322 Å². The number of phosphoric ester groups is 2. The van der Waals surface area contributed by atoms with Crippen LogP contribution >= 0.6 is 15.6 Å². The Kier molecular flexibility index (Phi) is 67.2. The zero-order valence-electron chi connectivity index (χ0n) is 60.4. The van der Waals surface area contributed by atoms with Gasteiger partial charge in [-0.05, 0) is 51.4 Å². The van der Waals surface area contributed by atoms with Gasteiger partial charge in [-0.2, -0.15) is 0 Å². The third-order valence-electron chi connectivity index (χ3n) is 17.0. The lowest BCUT2D eigenvalue weighted by Crippen LogP contribution is -2.30. The molecule has 0 aromatic heterocycles. The summed E-state index contributed by atoms with van der Waals surface area (Å²) in [5.74, 6) is -2.14. The molecule has 0 rings (SSSR count). The van der Waals surface area contributed by atoms with Crippen molar-refractivity contribution in [2.75, 3.05) is 39.6 Å². The fourth-order valence-electron chi connectivity index (χ4n) is 11.0. The Morgan fingerprint density at radius 2 is 0.511 bits per heavy atom. The van der Waals surface area contributed by atoms with Gasteiger partial charge in [0, 0.05) is 25.7 Å². The largest absolute Gasteiger partial charge is 0.472 e. The minimum absolute atomic E-state index is 0.102. The number of unbranched alkanes of at least 4 members (excludes halogenated alkanes) is 45.